The Hall–Kier alpha value is -2.94. The second kappa shape index (κ2) is 5.36. The molecule has 0 bridgehead atoms. The van der Waals surface area contributed by atoms with Crippen molar-refractivity contribution in [2.75, 3.05) is 0 Å². The zero-order valence-corrected chi connectivity index (χ0v) is 13.3. The summed E-state index contributed by atoms with van der Waals surface area (Å²) in [6.45, 7) is 2.14. The Bertz CT molecular complexity index is 984. The number of imidazole rings is 1. The Morgan fingerprint density at radius 2 is 1.61 bits per heavy atom. The lowest BCUT2D eigenvalue weighted by atomic mass is 10.0. The molecule has 2 heterocycles. The van der Waals surface area contributed by atoms with Crippen molar-refractivity contribution in [2.24, 2.45) is 7.05 Å². The van der Waals surface area contributed by atoms with E-state index in [9.17, 15) is 0 Å². The first-order chi connectivity index (χ1) is 11.3. The SMILES string of the molecule is Cc1ccccc1-c1ccc2c(ncn2-c2ccccc2)[n+]1C. The van der Waals surface area contributed by atoms with Crippen LogP contribution in [0.25, 0.3) is 28.1 Å². The summed E-state index contributed by atoms with van der Waals surface area (Å²) in [4.78, 5) is 4.64. The van der Waals surface area contributed by atoms with Crippen molar-refractivity contribution in [3.8, 4) is 16.9 Å². The van der Waals surface area contributed by atoms with Gasteiger partial charge in [-0.05, 0) is 41.7 Å². The van der Waals surface area contributed by atoms with Crippen LogP contribution in [-0.2, 0) is 7.05 Å². The summed E-state index contributed by atoms with van der Waals surface area (Å²) in [6.07, 6.45) is 1.89. The highest BCUT2D eigenvalue weighted by atomic mass is 15.1. The van der Waals surface area contributed by atoms with Crippen molar-refractivity contribution < 1.29 is 4.57 Å². The number of para-hydroxylation sites is 1. The second-order valence-corrected chi connectivity index (χ2v) is 5.75. The first-order valence-corrected chi connectivity index (χ1v) is 7.73. The number of fused-ring (bicyclic) bond motifs is 1. The van der Waals surface area contributed by atoms with E-state index in [0.29, 0.717) is 0 Å². The minimum Gasteiger partial charge on any atom is -0.273 e. The Labute approximate surface area is 135 Å². The lowest BCUT2D eigenvalue weighted by Crippen LogP contribution is -2.32. The summed E-state index contributed by atoms with van der Waals surface area (Å²) in [7, 11) is 2.08. The van der Waals surface area contributed by atoms with Gasteiger partial charge in [-0.2, -0.15) is 0 Å². The fourth-order valence-corrected chi connectivity index (χ4v) is 3.07. The number of aryl methyl sites for hydroxylation is 2. The monoisotopic (exact) mass is 300 g/mol. The summed E-state index contributed by atoms with van der Waals surface area (Å²) in [5, 5.41) is 0. The maximum Gasteiger partial charge on any atom is 0.349 e. The quantitative estimate of drug-likeness (QED) is 0.516. The van der Waals surface area contributed by atoms with E-state index in [1.807, 2.05) is 24.5 Å². The number of aromatic nitrogens is 3. The molecule has 0 aliphatic heterocycles. The van der Waals surface area contributed by atoms with Crippen LogP contribution < -0.4 is 4.57 Å². The molecule has 0 atom stereocenters. The van der Waals surface area contributed by atoms with Crippen molar-refractivity contribution >= 4 is 11.2 Å². The highest BCUT2D eigenvalue weighted by Crippen LogP contribution is 2.23. The number of rotatable bonds is 2. The van der Waals surface area contributed by atoms with E-state index in [-0.39, 0.29) is 0 Å². The van der Waals surface area contributed by atoms with Crippen molar-refractivity contribution in [3.05, 3.63) is 78.6 Å². The smallest absolute Gasteiger partial charge is 0.273 e. The van der Waals surface area contributed by atoms with Gasteiger partial charge in [0.2, 0.25) is 6.33 Å². The summed E-state index contributed by atoms with van der Waals surface area (Å²) in [6, 6.07) is 23.1. The fourth-order valence-electron chi connectivity index (χ4n) is 3.07. The molecule has 4 rings (SSSR count). The van der Waals surface area contributed by atoms with Crippen LogP contribution in [0.1, 0.15) is 5.56 Å². The summed E-state index contributed by atoms with van der Waals surface area (Å²) >= 11 is 0. The lowest BCUT2D eigenvalue weighted by Gasteiger charge is -2.07. The molecule has 0 radical (unpaired) electrons. The number of pyridine rings is 1. The third kappa shape index (κ3) is 2.21. The molecule has 0 aliphatic carbocycles. The maximum atomic E-state index is 4.64. The van der Waals surface area contributed by atoms with Crippen LogP contribution in [0.15, 0.2) is 73.1 Å². The van der Waals surface area contributed by atoms with Gasteiger partial charge < -0.3 is 0 Å². The number of hydrogen-bond acceptors (Lipinski definition) is 1. The molecule has 2 aromatic heterocycles. The Morgan fingerprint density at radius 3 is 2.39 bits per heavy atom. The molecule has 0 aliphatic rings. The Morgan fingerprint density at radius 1 is 0.870 bits per heavy atom. The van der Waals surface area contributed by atoms with Gasteiger partial charge in [0.1, 0.15) is 11.2 Å². The van der Waals surface area contributed by atoms with Crippen LogP contribution in [0.4, 0.5) is 0 Å². The summed E-state index contributed by atoms with van der Waals surface area (Å²) in [5.74, 6) is 0. The topological polar surface area (TPSA) is 21.7 Å². The zero-order valence-electron chi connectivity index (χ0n) is 13.3. The van der Waals surface area contributed by atoms with E-state index in [1.54, 1.807) is 0 Å². The Balaban J connectivity index is 1.93. The molecule has 112 valence electrons. The highest BCUT2D eigenvalue weighted by molar-refractivity contribution is 5.73. The molecule has 0 saturated carbocycles. The van der Waals surface area contributed by atoms with E-state index >= 15 is 0 Å². The number of benzene rings is 2. The molecule has 3 heteroatoms. The number of hydrogen-bond donors (Lipinski definition) is 0. The van der Waals surface area contributed by atoms with Crippen LogP contribution in [0, 0.1) is 6.92 Å². The van der Waals surface area contributed by atoms with Crippen LogP contribution in [0.2, 0.25) is 0 Å². The maximum absolute atomic E-state index is 4.64. The zero-order chi connectivity index (χ0) is 15.8. The van der Waals surface area contributed by atoms with Crippen molar-refractivity contribution in [1.29, 1.82) is 0 Å². The van der Waals surface area contributed by atoms with Crippen LogP contribution in [0.5, 0.6) is 0 Å². The lowest BCUT2D eigenvalue weighted by molar-refractivity contribution is -0.635. The van der Waals surface area contributed by atoms with Crippen LogP contribution >= 0.6 is 0 Å². The van der Waals surface area contributed by atoms with E-state index in [1.165, 1.54) is 16.8 Å². The number of nitrogens with zero attached hydrogens (tertiary/aromatic N) is 3. The normalized spacial score (nSPS) is 11.0. The molecular formula is C20H18N3+. The van der Waals surface area contributed by atoms with Crippen molar-refractivity contribution in [1.82, 2.24) is 9.55 Å². The predicted molar refractivity (Wildman–Crippen MR) is 92.4 cm³/mol. The molecule has 0 fully saturated rings. The standard InChI is InChI=1S/C20H18N3/c1-15-8-6-7-11-17(15)18-12-13-19-20(22(18)2)21-14-23(19)16-9-4-3-5-10-16/h3-14H,1-2H3/q+1. The van der Waals surface area contributed by atoms with Gasteiger partial charge in [0.25, 0.3) is 0 Å². The van der Waals surface area contributed by atoms with Crippen molar-refractivity contribution in [3.63, 3.8) is 0 Å². The van der Waals surface area contributed by atoms with Gasteiger partial charge in [-0.1, -0.05) is 42.5 Å². The van der Waals surface area contributed by atoms with Gasteiger partial charge in [0.15, 0.2) is 0 Å². The highest BCUT2D eigenvalue weighted by Gasteiger charge is 2.18. The molecule has 0 saturated heterocycles. The molecule has 0 unspecified atom stereocenters. The van der Waals surface area contributed by atoms with Crippen LogP contribution in [-0.4, -0.2) is 9.55 Å². The summed E-state index contributed by atoms with van der Waals surface area (Å²) < 4.78 is 4.29. The first kappa shape index (κ1) is 13.7. The third-order valence-corrected chi connectivity index (χ3v) is 4.32. The second-order valence-electron chi connectivity index (χ2n) is 5.75. The molecule has 23 heavy (non-hydrogen) atoms. The van der Waals surface area contributed by atoms with Crippen LogP contribution in [0.3, 0.4) is 0 Å². The fraction of sp³-hybridized carbons (Fsp3) is 0.100. The van der Waals surface area contributed by atoms with Crippen molar-refractivity contribution in [2.45, 2.75) is 6.92 Å². The molecular weight excluding hydrogens is 282 g/mol. The largest absolute Gasteiger partial charge is 0.349 e. The summed E-state index contributed by atoms with van der Waals surface area (Å²) in [5.41, 5.74) is 6.90. The van der Waals surface area contributed by atoms with Gasteiger partial charge in [0, 0.05) is 11.3 Å². The van der Waals surface area contributed by atoms with Gasteiger partial charge in [-0.15, -0.1) is 0 Å². The molecule has 2 aromatic carbocycles. The molecule has 0 amide bonds. The third-order valence-electron chi connectivity index (χ3n) is 4.32. The molecule has 0 spiro atoms. The minimum atomic E-state index is 0.981. The Kier molecular flexibility index (Phi) is 3.19. The van der Waals surface area contributed by atoms with Gasteiger partial charge in [-0.25, -0.2) is 4.57 Å². The first-order valence-electron chi connectivity index (χ1n) is 7.73. The van der Waals surface area contributed by atoms with Gasteiger partial charge in [-0.3, -0.25) is 4.57 Å². The van der Waals surface area contributed by atoms with E-state index < -0.39 is 0 Å². The molecule has 3 nitrogen and oxygen atoms in total. The molecule has 4 aromatic rings. The average molecular weight is 300 g/mol. The van der Waals surface area contributed by atoms with Gasteiger partial charge >= 0.3 is 5.65 Å². The predicted octanol–water partition coefficient (Wildman–Crippen LogP) is 3.83. The average Bonchev–Trinajstić information content (AvgIpc) is 3.02. The van der Waals surface area contributed by atoms with E-state index in [0.717, 1.165) is 16.9 Å². The van der Waals surface area contributed by atoms with E-state index in [2.05, 4.69) is 76.6 Å². The minimum absolute atomic E-state index is 0.981. The van der Waals surface area contributed by atoms with E-state index in [4.69, 9.17) is 0 Å². The molecule has 0 N–H and O–H groups in total. The van der Waals surface area contributed by atoms with Gasteiger partial charge in [0.05, 0.1) is 7.05 Å².